The molecule has 8 nitrogen and oxygen atoms in total. The molecule has 1 unspecified atom stereocenters. The summed E-state index contributed by atoms with van der Waals surface area (Å²) >= 11 is 0. The summed E-state index contributed by atoms with van der Waals surface area (Å²) in [5.41, 5.74) is 0.862. The van der Waals surface area contributed by atoms with Gasteiger partial charge in [0.05, 0.1) is 32.4 Å². The van der Waals surface area contributed by atoms with Crippen LogP contribution in [0.15, 0.2) is 54.1 Å². The van der Waals surface area contributed by atoms with Gasteiger partial charge in [-0.15, -0.1) is 0 Å². The average Bonchev–Trinajstić information content (AvgIpc) is 3.06. The van der Waals surface area contributed by atoms with Gasteiger partial charge in [0.15, 0.2) is 6.29 Å². The summed E-state index contributed by atoms with van der Waals surface area (Å²) < 4.78 is 21.3. The first-order valence-electron chi connectivity index (χ1n) is 9.58. The Bertz CT molecular complexity index is 983. The van der Waals surface area contributed by atoms with E-state index < -0.39 is 24.0 Å². The van der Waals surface area contributed by atoms with Crippen molar-refractivity contribution in [3.8, 4) is 11.5 Å². The number of ketones is 1. The first-order chi connectivity index (χ1) is 15.0. The molecular formula is C23H25NO7. The summed E-state index contributed by atoms with van der Waals surface area (Å²) in [6.07, 6.45) is -0.769. The number of Topliss-reactive ketones (excluding diaryl/α,β-unsaturated/α-hetero) is 1. The van der Waals surface area contributed by atoms with Gasteiger partial charge < -0.3 is 29.0 Å². The second-order valence-corrected chi connectivity index (χ2v) is 6.83. The molecule has 0 saturated carbocycles. The quantitative estimate of drug-likeness (QED) is 0.300. The number of methoxy groups -OCH3 is 4. The highest BCUT2D eigenvalue weighted by atomic mass is 16.7. The Kier molecular flexibility index (Phi) is 6.94. The van der Waals surface area contributed by atoms with Crippen molar-refractivity contribution in [1.82, 2.24) is 4.90 Å². The van der Waals surface area contributed by atoms with Gasteiger partial charge in [-0.1, -0.05) is 30.3 Å². The van der Waals surface area contributed by atoms with Gasteiger partial charge in [-0.25, -0.2) is 0 Å². The van der Waals surface area contributed by atoms with E-state index >= 15 is 0 Å². The maximum atomic E-state index is 13.1. The maximum Gasteiger partial charge on any atom is 0.295 e. The Labute approximate surface area is 180 Å². The summed E-state index contributed by atoms with van der Waals surface area (Å²) in [5.74, 6) is -0.907. The molecule has 1 amide bonds. The molecule has 1 aliphatic heterocycles. The summed E-state index contributed by atoms with van der Waals surface area (Å²) in [6.45, 7) is -0.0336. The van der Waals surface area contributed by atoms with Gasteiger partial charge in [-0.2, -0.15) is 0 Å². The molecule has 0 aliphatic carbocycles. The minimum Gasteiger partial charge on any atom is -0.507 e. The van der Waals surface area contributed by atoms with Gasteiger partial charge in [0.1, 0.15) is 17.3 Å². The van der Waals surface area contributed by atoms with Crippen LogP contribution < -0.4 is 9.47 Å². The molecule has 0 aromatic heterocycles. The van der Waals surface area contributed by atoms with E-state index in [0.29, 0.717) is 22.6 Å². The monoisotopic (exact) mass is 427 g/mol. The zero-order chi connectivity index (χ0) is 22.5. The number of carbonyl (C=O) groups excluding carboxylic acids is 2. The van der Waals surface area contributed by atoms with Crippen molar-refractivity contribution in [2.24, 2.45) is 0 Å². The molecule has 31 heavy (non-hydrogen) atoms. The van der Waals surface area contributed by atoms with Crippen molar-refractivity contribution >= 4 is 17.4 Å². The third kappa shape index (κ3) is 4.26. The van der Waals surface area contributed by atoms with Gasteiger partial charge in [-0.05, 0) is 18.2 Å². The second-order valence-electron chi connectivity index (χ2n) is 6.83. The molecule has 1 N–H and O–H groups in total. The normalized spacial score (nSPS) is 18.0. The van der Waals surface area contributed by atoms with Crippen molar-refractivity contribution in [2.45, 2.75) is 12.3 Å². The first kappa shape index (κ1) is 22.3. The predicted molar refractivity (Wildman–Crippen MR) is 113 cm³/mol. The number of hydrogen-bond donors (Lipinski definition) is 1. The molecule has 1 heterocycles. The number of aliphatic hydroxyl groups excluding tert-OH is 1. The van der Waals surface area contributed by atoms with Crippen molar-refractivity contribution in [1.29, 1.82) is 0 Å². The second kappa shape index (κ2) is 9.63. The number of likely N-dealkylation sites (tertiary alicyclic amines) is 1. The summed E-state index contributed by atoms with van der Waals surface area (Å²) in [7, 11) is 5.88. The van der Waals surface area contributed by atoms with E-state index in [9.17, 15) is 14.7 Å². The Morgan fingerprint density at radius 2 is 1.68 bits per heavy atom. The maximum absolute atomic E-state index is 13.1. The highest BCUT2D eigenvalue weighted by Crippen LogP contribution is 2.44. The van der Waals surface area contributed by atoms with E-state index in [4.69, 9.17) is 18.9 Å². The van der Waals surface area contributed by atoms with E-state index in [1.54, 1.807) is 48.5 Å². The molecule has 0 spiro atoms. The topological polar surface area (TPSA) is 94.5 Å². The smallest absolute Gasteiger partial charge is 0.295 e. The molecule has 0 bridgehead atoms. The summed E-state index contributed by atoms with van der Waals surface area (Å²) in [6, 6.07) is 12.7. The van der Waals surface area contributed by atoms with Gasteiger partial charge in [0.2, 0.25) is 0 Å². The molecular weight excluding hydrogens is 402 g/mol. The molecule has 2 aromatic carbocycles. The van der Waals surface area contributed by atoms with Crippen LogP contribution in [0, 0.1) is 0 Å². The number of amides is 1. The van der Waals surface area contributed by atoms with Crippen LogP contribution in [0.5, 0.6) is 11.5 Å². The molecule has 0 radical (unpaired) electrons. The highest BCUT2D eigenvalue weighted by molar-refractivity contribution is 6.46. The number of rotatable bonds is 8. The van der Waals surface area contributed by atoms with Crippen molar-refractivity contribution in [3.63, 3.8) is 0 Å². The molecule has 164 valence electrons. The molecule has 1 saturated heterocycles. The number of nitrogens with zero attached hydrogens (tertiary/aromatic N) is 1. The highest BCUT2D eigenvalue weighted by Gasteiger charge is 2.48. The van der Waals surface area contributed by atoms with Gasteiger partial charge >= 0.3 is 0 Å². The molecule has 8 heteroatoms. The minimum atomic E-state index is -0.932. The van der Waals surface area contributed by atoms with E-state index in [2.05, 4.69) is 0 Å². The average molecular weight is 427 g/mol. The fourth-order valence-corrected chi connectivity index (χ4v) is 3.60. The number of benzene rings is 2. The van der Waals surface area contributed by atoms with Crippen LogP contribution in [0.4, 0.5) is 0 Å². The number of carbonyl (C=O) groups is 2. The Hall–Kier alpha value is -3.36. The standard InChI is InChI=1S/C23H25NO7/c1-28-15-10-11-17(29-2)16(12-15)20-19(21(25)14-8-6-5-7-9-14)22(26)23(27)24(20)13-18(30-3)31-4/h5-12,18,20,25H,13H2,1-4H3. The van der Waals surface area contributed by atoms with Crippen LogP contribution in [-0.2, 0) is 19.1 Å². The summed E-state index contributed by atoms with van der Waals surface area (Å²) in [4.78, 5) is 27.4. The van der Waals surface area contributed by atoms with Gasteiger partial charge in [0.25, 0.3) is 11.7 Å². The van der Waals surface area contributed by atoms with Crippen LogP contribution in [0.1, 0.15) is 17.2 Å². The number of aliphatic hydroxyl groups is 1. The van der Waals surface area contributed by atoms with E-state index in [0.717, 1.165) is 0 Å². The Morgan fingerprint density at radius 1 is 1.00 bits per heavy atom. The van der Waals surface area contributed by atoms with Crippen LogP contribution in [0.3, 0.4) is 0 Å². The summed E-state index contributed by atoms with van der Waals surface area (Å²) in [5, 5.41) is 11.0. The van der Waals surface area contributed by atoms with Gasteiger partial charge in [-0.3, -0.25) is 9.59 Å². The van der Waals surface area contributed by atoms with Crippen LogP contribution in [0.2, 0.25) is 0 Å². The van der Waals surface area contributed by atoms with E-state index in [1.165, 1.54) is 33.3 Å². The third-order valence-electron chi connectivity index (χ3n) is 5.19. The number of ether oxygens (including phenoxy) is 4. The van der Waals surface area contributed by atoms with E-state index in [1.807, 2.05) is 0 Å². The molecule has 1 fully saturated rings. The Morgan fingerprint density at radius 3 is 2.26 bits per heavy atom. The lowest BCUT2D eigenvalue weighted by Crippen LogP contribution is -2.38. The zero-order valence-corrected chi connectivity index (χ0v) is 17.8. The third-order valence-corrected chi connectivity index (χ3v) is 5.19. The minimum absolute atomic E-state index is 0.0336. The molecule has 3 rings (SSSR count). The zero-order valence-electron chi connectivity index (χ0n) is 17.8. The molecule has 1 atom stereocenters. The van der Waals surface area contributed by atoms with E-state index in [-0.39, 0.29) is 17.9 Å². The SMILES string of the molecule is COc1ccc(OC)c(C2C(=C(O)c3ccccc3)C(=O)C(=O)N2CC(OC)OC)c1. The Balaban J connectivity index is 2.25. The van der Waals surface area contributed by atoms with Gasteiger partial charge in [0, 0.05) is 25.3 Å². The van der Waals surface area contributed by atoms with Crippen LogP contribution in [-0.4, -0.2) is 63.0 Å². The lowest BCUT2D eigenvalue weighted by molar-refractivity contribution is -0.149. The van der Waals surface area contributed by atoms with Crippen LogP contribution in [0.25, 0.3) is 5.76 Å². The predicted octanol–water partition coefficient (Wildman–Crippen LogP) is 2.74. The fourth-order valence-electron chi connectivity index (χ4n) is 3.60. The van der Waals surface area contributed by atoms with Crippen LogP contribution >= 0.6 is 0 Å². The lowest BCUT2D eigenvalue weighted by atomic mass is 9.94. The first-order valence-corrected chi connectivity index (χ1v) is 9.58. The molecule has 2 aromatic rings. The van der Waals surface area contributed by atoms with Crippen molar-refractivity contribution in [3.05, 3.63) is 65.2 Å². The largest absolute Gasteiger partial charge is 0.507 e. The lowest BCUT2D eigenvalue weighted by Gasteiger charge is -2.29. The number of hydrogen-bond acceptors (Lipinski definition) is 7. The molecule has 1 aliphatic rings. The van der Waals surface area contributed by atoms with Crippen molar-refractivity contribution in [2.75, 3.05) is 35.0 Å². The van der Waals surface area contributed by atoms with Crippen molar-refractivity contribution < 1.29 is 33.6 Å². The fraction of sp³-hybridized carbons (Fsp3) is 0.304.